The molecule has 0 saturated heterocycles. The lowest BCUT2D eigenvalue weighted by Crippen LogP contribution is -2.13. The van der Waals surface area contributed by atoms with Gasteiger partial charge in [-0.2, -0.15) is 0 Å². The number of amides is 1. The van der Waals surface area contributed by atoms with Crippen LogP contribution in [0, 0.1) is 0 Å². The fourth-order valence-electron chi connectivity index (χ4n) is 2.97. The van der Waals surface area contributed by atoms with Gasteiger partial charge in [-0.25, -0.2) is 4.98 Å². The van der Waals surface area contributed by atoms with E-state index in [1.165, 1.54) is 26.0 Å². The van der Waals surface area contributed by atoms with Crippen molar-refractivity contribution in [2.45, 2.75) is 11.6 Å². The lowest BCUT2D eigenvalue weighted by Gasteiger charge is -2.13. The number of benzene rings is 2. The Morgan fingerprint density at radius 1 is 1.17 bits per heavy atom. The van der Waals surface area contributed by atoms with Gasteiger partial charge in [-0.3, -0.25) is 4.79 Å². The number of nitrogens with one attached hydrogen (secondary N) is 2. The zero-order valence-corrected chi connectivity index (χ0v) is 17.8. The van der Waals surface area contributed by atoms with E-state index in [-0.39, 0.29) is 12.3 Å². The van der Waals surface area contributed by atoms with E-state index in [0.717, 1.165) is 16.4 Å². The Morgan fingerprint density at radius 3 is 2.77 bits per heavy atom. The first-order chi connectivity index (χ1) is 14.6. The van der Waals surface area contributed by atoms with Crippen molar-refractivity contribution in [3.8, 4) is 11.5 Å². The SMILES string of the molecule is COc1cc(OC)c(NC(=O)CCSc2nnc3c(n2)[nH]c2ccccc23)cc1Cl. The van der Waals surface area contributed by atoms with E-state index >= 15 is 0 Å². The van der Waals surface area contributed by atoms with Gasteiger partial charge in [-0.1, -0.05) is 41.6 Å². The fourth-order valence-corrected chi connectivity index (χ4v) is 3.94. The topological polar surface area (TPSA) is 102 Å². The third-order valence-corrected chi connectivity index (χ3v) is 5.55. The van der Waals surface area contributed by atoms with Gasteiger partial charge in [-0.15, -0.1) is 10.2 Å². The maximum Gasteiger partial charge on any atom is 0.225 e. The van der Waals surface area contributed by atoms with Crippen LogP contribution in [-0.2, 0) is 4.79 Å². The summed E-state index contributed by atoms with van der Waals surface area (Å²) in [5, 5.41) is 13.1. The summed E-state index contributed by atoms with van der Waals surface area (Å²) in [6, 6.07) is 11.1. The predicted molar refractivity (Wildman–Crippen MR) is 118 cm³/mol. The number of anilines is 1. The summed E-state index contributed by atoms with van der Waals surface area (Å²) in [4.78, 5) is 20.1. The number of fused-ring (bicyclic) bond motifs is 3. The predicted octanol–water partition coefficient (Wildman–Crippen LogP) is 4.30. The minimum atomic E-state index is -0.179. The summed E-state index contributed by atoms with van der Waals surface area (Å²) in [5.74, 6) is 1.25. The van der Waals surface area contributed by atoms with Gasteiger partial charge >= 0.3 is 0 Å². The Morgan fingerprint density at radius 2 is 1.97 bits per heavy atom. The van der Waals surface area contributed by atoms with Gasteiger partial charge in [0, 0.05) is 29.1 Å². The average molecular weight is 444 g/mol. The molecule has 30 heavy (non-hydrogen) atoms. The van der Waals surface area contributed by atoms with Crippen molar-refractivity contribution in [1.82, 2.24) is 20.2 Å². The van der Waals surface area contributed by atoms with E-state index in [0.29, 0.717) is 38.8 Å². The molecule has 0 fully saturated rings. The van der Waals surface area contributed by atoms with E-state index in [1.54, 1.807) is 12.1 Å². The molecule has 0 radical (unpaired) electrons. The molecule has 2 heterocycles. The summed E-state index contributed by atoms with van der Waals surface area (Å²) < 4.78 is 10.5. The number of ether oxygens (including phenoxy) is 2. The number of hydrogen-bond donors (Lipinski definition) is 2. The molecule has 0 aliphatic rings. The zero-order valence-electron chi connectivity index (χ0n) is 16.2. The molecule has 154 valence electrons. The molecule has 0 saturated carbocycles. The van der Waals surface area contributed by atoms with Gasteiger partial charge in [0.05, 0.1) is 24.9 Å². The van der Waals surface area contributed by atoms with Crippen molar-refractivity contribution in [2.75, 3.05) is 25.3 Å². The third kappa shape index (κ3) is 4.12. The zero-order chi connectivity index (χ0) is 21.1. The van der Waals surface area contributed by atoms with Crippen LogP contribution in [0.5, 0.6) is 11.5 Å². The first kappa shape index (κ1) is 20.2. The highest BCUT2D eigenvalue weighted by Gasteiger charge is 2.13. The number of rotatable bonds is 7. The van der Waals surface area contributed by atoms with Gasteiger partial charge in [0.1, 0.15) is 17.0 Å². The van der Waals surface area contributed by atoms with Crippen molar-refractivity contribution in [3.63, 3.8) is 0 Å². The second kappa shape index (κ2) is 8.76. The summed E-state index contributed by atoms with van der Waals surface area (Å²) >= 11 is 7.50. The molecule has 0 spiro atoms. The number of aromatic amines is 1. The largest absolute Gasteiger partial charge is 0.495 e. The normalized spacial score (nSPS) is 11.0. The number of carbonyl (C=O) groups excluding carboxylic acids is 1. The second-order valence-corrected chi connectivity index (χ2v) is 7.77. The van der Waals surface area contributed by atoms with Crippen molar-refractivity contribution >= 4 is 57.0 Å². The molecule has 0 aliphatic carbocycles. The lowest BCUT2D eigenvalue weighted by molar-refractivity contribution is -0.115. The molecule has 0 bridgehead atoms. The van der Waals surface area contributed by atoms with Crippen LogP contribution in [0.1, 0.15) is 6.42 Å². The highest BCUT2D eigenvalue weighted by molar-refractivity contribution is 7.99. The molecule has 4 rings (SSSR count). The van der Waals surface area contributed by atoms with Crippen molar-refractivity contribution in [1.29, 1.82) is 0 Å². The molecule has 2 aromatic carbocycles. The molecular formula is C20H18ClN5O3S. The Kier molecular flexibility index (Phi) is 5.91. The van der Waals surface area contributed by atoms with Crippen LogP contribution in [0.15, 0.2) is 41.6 Å². The number of aromatic nitrogens is 4. The van der Waals surface area contributed by atoms with Gasteiger partial charge in [-0.05, 0) is 12.1 Å². The number of methoxy groups -OCH3 is 2. The number of thioether (sulfide) groups is 1. The van der Waals surface area contributed by atoms with E-state index in [1.807, 2.05) is 24.3 Å². The molecule has 0 unspecified atom stereocenters. The molecule has 10 heteroatoms. The number of carbonyl (C=O) groups is 1. The number of para-hydroxylation sites is 1. The fraction of sp³-hybridized carbons (Fsp3) is 0.200. The molecule has 2 N–H and O–H groups in total. The summed E-state index contributed by atoms with van der Waals surface area (Å²) in [7, 11) is 3.03. The van der Waals surface area contributed by atoms with E-state index in [9.17, 15) is 4.79 Å². The monoisotopic (exact) mass is 443 g/mol. The minimum absolute atomic E-state index is 0.179. The first-order valence-electron chi connectivity index (χ1n) is 9.04. The van der Waals surface area contributed by atoms with Crippen molar-refractivity contribution in [2.24, 2.45) is 0 Å². The quantitative estimate of drug-likeness (QED) is 0.410. The van der Waals surface area contributed by atoms with Crippen molar-refractivity contribution in [3.05, 3.63) is 41.4 Å². The Balaban J connectivity index is 1.39. The number of halogens is 1. The number of H-pyrrole nitrogens is 1. The Bertz CT molecular complexity index is 1230. The van der Waals surface area contributed by atoms with Crippen LogP contribution >= 0.6 is 23.4 Å². The third-order valence-electron chi connectivity index (χ3n) is 4.41. The molecule has 8 nitrogen and oxygen atoms in total. The molecule has 0 aliphatic heterocycles. The summed E-state index contributed by atoms with van der Waals surface area (Å²) in [6.07, 6.45) is 0.256. The molecule has 0 atom stereocenters. The number of nitrogens with zero attached hydrogens (tertiary/aromatic N) is 3. The van der Waals surface area contributed by atoms with Gasteiger partial charge in [0.2, 0.25) is 11.1 Å². The summed E-state index contributed by atoms with van der Waals surface area (Å²) in [6.45, 7) is 0. The molecular weight excluding hydrogens is 426 g/mol. The molecule has 2 aromatic heterocycles. The van der Waals surface area contributed by atoms with Crippen LogP contribution in [0.2, 0.25) is 5.02 Å². The minimum Gasteiger partial charge on any atom is -0.495 e. The van der Waals surface area contributed by atoms with Crippen LogP contribution in [0.4, 0.5) is 5.69 Å². The van der Waals surface area contributed by atoms with Crippen LogP contribution in [0.3, 0.4) is 0 Å². The average Bonchev–Trinajstić information content (AvgIpc) is 3.11. The first-order valence-corrected chi connectivity index (χ1v) is 10.4. The maximum absolute atomic E-state index is 12.3. The van der Waals surface area contributed by atoms with Crippen molar-refractivity contribution < 1.29 is 14.3 Å². The Hall–Kier alpha value is -3.04. The van der Waals surface area contributed by atoms with Crippen LogP contribution in [-0.4, -0.2) is 46.0 Å². The van der Waals surface area contributed by atoms with Crippen LogP contribution in [0.25, 0.3) is 22.1 Å². The molecule has 1 amide bonds. The van der Waals surface area contributed by atoms with E-state index in [4.69, 9.17) is 21.1 Å². The van der Waals surface area contributed by atoms with Gasteiger partial charge in [0.25, 0.3) is 0 Å². The van der Waals surface area contributed by atoms with E-state index in [2.05, 4.69) is 25.5 Å². The molecule has 4 aromatic rings. The summed E-state index contributed by atoms with van der Waals surface area (Å²) in [5.41, 5.74) is 2.85. The smallest absolute Gasteiger partial charge is 0.225 e. The van der Waals surface area contributed by atoms with Crippen LogP contribution < -0.4 is 14.8 Å². The standard InChI is InChI=1S/C20H18ClN5O3S/c1-28-15-10-16(29-2)14(9-12(15)21)22-17(27)7-8-30-20-24-19-18(25-26-20)11-5-3-4-6-13(11)23-19/h3-6,9-10H,7-8H2,1-2H3,(H,22,27)(H,23,24,26). The van der Waals surface area contributed by atoms with Gasteiger partial charge < -0.3 is 19.8 Å². The highest BCUT2D eigenvalue weighted by Crippen LogP contribution is 2.36. The highest BCUT2D eigenvalue weighted by atomic mass is 35.5. The van der Waals surface area contributed by atoms with E-state index < -0.39 is 0 Å². The maximum atomic E-state index is 12.3. The van der Waals surface area contributed by atoms with Gasteiger partial charge in [0.15, 0.2) is 5.65 Å². The lowest BCUT2D eigenvalue weighted by atomic mass is 10.2. The second-order valence-electron chi connectivity index (χ2n) is 6.30. The Labute approximate surface area is 181 Å². The number of hydrogen-bond acceptors (Lipinski definition) is 7.